The minimum absolute atomic E-state index is 0.0476. The van der Waals surface area contributed by atoms with Crippen LogP contribution in [-0.2, 0) is 0 Å². The van der Waals surface area contributed by atoms with E-state index in [1.165, 1.54) is 0 Å². The third kappa shape index (κ3) is 4.17. The monoisotopic (exact) mass is 583 g/mol. The van der Waals surface area contributed by atoms with Crippen molar-refractivity contribution in [2.45, 2.75) is 0 Å². The second kappa shape index (κ2) is 10.4. The van der Waals surface area contributed by atoms with Crippen molar-refractivity contribution in [3.05, 3.63) is 170 Å². The van der Waals surface area contributed by atoms with Crippen molar-refractivity contribution in [1.29, 1.82) is 0 Å². The van der Waals surface area contributed by atoms with Gasteiger partial charge in [-0.3, -0.25) is 0 Å². The lowest BCUT2D eigenvalue weighted by molar-refractivity contribution is 0.670. The molecular weight excluding hydrogens is 544 g/mol. The molecule has 0 spiro atoms. The van der Waals surface area contributed by atoms with Gasteiger partial charge in [-0.1, -0.05) is 145 Å². The van der Waals surface area contributed by atoms with E-state index >= 15 is 0 Å². The summed E-state index contributed by atoms with van der Waals surface area (Å²) < 4.78 is 104. The first-order valence-electron chi connectivity index (χ1n) is 20.0. The molecule has 0 aliphatic rings. The SMILES string of the molecule is [2H]c1c([2H])c([2H])c(-c2c([2H])c(-c3c4ccccc4c(-c4cccc(-c5ccccc5)c4)c4ccccc34)c([2H])c3c2oc2c([2H])c([2H])c([2H])c([2H])c23)c([2H])c1[2H]. The van der Waals surface area contributed by atoms with Crippen LogP contribution in [0.15, 0.2) is 174 Å². The average Bonchev–Trinajstić information content (AvgIpc) is 3.63. The third-order valence-corrected chi connectivity index (χ3v) is 8.25. The molecule has 45 heavy (non-hydrogen) atoms. The molecule has 0 amide bonds. The number of para-hydroxylation sites is 1. The highest BCUT2D eigenvalue weighted by molar-refractivity contribution is 6.23. The lowest BCUT2D eigenvalue weighted by atomic mass is 9.84. The molecule has 0 radical (unpaired) electrons. The van der Waals surface area contributed by atoms with Crippen LogP contribution in [0.25, 0.3) is 88.0 Å². The summed E-state index contributed by atoms with van der Waals surface area (Å²) in [4.78, 5) is 0. The molecule has 210 valence electrons. The summed E-state index contributed by atoms with van der Waals surface area (Å²) in [6.45, 7) is 0. The Morgan fingerprint density at radius 1 is 0.400 bits per heavy atom. The molecule has 0 fully saturated rings. The predicted molar refractivity (Wildman–Crippen MR) is 190 cm³/mol. The Morgan fingerprint density at radius 2 is 0.978 bits per heavy atom. The quantitative estimate of drug-likeness (QED) is 0.188. The summed E-state index contributed by atoms with van der Waals surface area (Å²) >= 11 is 0. The van der Waals surface area contributed by atoms with E-state index in [1.54, 1.807) is 0 Å². The Hall–Kier alpha value is -5.92. The fraction of sp³-hybridized carbons (Fsp3) is 0. The van der Waals surface area contributed by atoms with Crippen LogP contribution in [0.3, 0.4) is 0 Å². The Morgan fingerprint density at radius 3 is 1.69 bits per heavy atom. The standard InChI is InChI=1S/C44H28O/c1-3-14-29(15-4-1)31-18-13-19-32(26-31)42-35-21-7-9-23-37(35)43(38-24-10-8-22-36(38)42)33-27-39(30-16-5-2-6-17-30)44-40(28-33)34-20-11-12-25-41(34)45-44/h1-28H/i2D,5D,6D,11D,12D,16D,17D,20D,25D,27D,28D. The molecule has 1 heteroatoms. The van der Waals surface area contributed by atoms with Gasteiger partial charge in [-0.05, 0) is 84.7 Å². The maximum atomic E-state index is 9.91. The van der Waals surface area contributed by atoms with E-state index in [0.717, 1.165) is 33.0 Å². The van der Waals surface area contributed by atoms with Crippen LogP contribution in [0.5, 0.6) is 0 Å². The lowest BCUT2D eigenvalue weighted by Crippen LogP contribution is -1.92. The van der Waals surface area contributed by atoms with Crippen molar-refractivity contribution in [3.63, 3.8) is 0 Å². The van der Waals surface area contributed by atoms with E-state index < -0.39 is 54.4 Å². The second-order valence-corrected chi connectivity index (χ2v) is 10.8. The molecule has 1 nitrogen and oxygen atoms in total. The van der Waals surface area contributed by atoms with Crippen molar-refractivity contribution in [1.82, 2.24) is 0 Å². The molecule has 0 atom stereocenters. The highest BCUT2D eigenvalue weighted by atomic mass is 16.3. The number of hydrogen-bond donors (Lipinski definition) is 0. The van der Waals surface area contributed by atoms with Gasteiger partial charge in [-0.25, -0.2) is 0 Å². The highest BCUT2D eigenvalue weighted by Gasteiger charge is 2.20. The molecule has 1 aromatic heterocycles. The van der Waals surface area contributed by atoms with Crippen LogP contribution in [0.4, 0.5) is 0 Å². The summed E-state index contributed by atoms with van der Waals surface area (Å²) in [7, 11) is 0. The number of fused-ring (bicyclic) bond motifs is 5. The zero-order valence-corrected chi connectivity index (χ0v) is 23.7. The van der Waals surface area contributed by atoms with Gasteiger partial charge in [-0.15, -0.1) is 0 Å². The van der Waals surface area contributed by atoms with Crippen LogP contribution < -0.4 is 0 Å². The van der Waals surface area contributed by atoms with E-state index in [2.05, 4.69) is 12.1 Å². The smallest absolute Gasteiger partial charge is 0.143 e. The Kier molecular flexibility index (Phi) is 3.87. The summed E-state index contributed by atoms with van der Waals surface area (Å²) in [5, 5.41) is 2.81. The van der Waals surface area contributed by atoms with E-state index in [4.69, 9.17) is 16.8 Å². The van der Waals surface area contributed by atoms with Gasteiger partial charge in [0.1, 0.15) is 11.2 Å². The van der Waals surface area contributed by atoms with E-state index in [0.29, 0.717) is 16.3 Å². The van der Waals surface area contributed by atoms with Crippen LogP contribution in [-0.4, -0.2) is 0 Å². The first kappa shape index (κ1) is 16.8. The van der Waals surface area contributed by atoms with Gasteiger partial charge in [-0.2, -0.15) is 0 Å². The van der Waals surface area contributed by atoms with Crippen molar-refractivity contribution in [2.24, 2.45) is 0 Å². The molecule has 0 aliphatic carbocycles. The fourth-order valence-electron chi connectivity index (χ4n) is 6.32. The van der Waals surface area contributed by atoms with Gasteiger partial charge in [0.15, 0.2) is 0 Å². The predicted octanol–water partition coefficient (Wildman–Crippen LogP) is 12.6. The first-order chi connectivity index (χ1) is 26.9. The minimum Gasteiger partial charge on any atom is -0.455 e. The summed E-state index contributed by atoms with van der Waals surface area (Å²) in [6.07, 6.45) is 0. The lowest BCUT2D eigenvalue weighted by Gasteiger charge is -2.19. The Balaban J connectivity index is 1.49. The summed E-state index contributed by atoms with van der Waals surface area (Å²) in [6, 6.07) is 27.7. The number of furan rings is 1. The zero-order valence-electron chi connectivity index (χ0n) is 34.7. The van der Waals surface area contributed by atoms with Crippen LogP contribution >= 0.6 is 0 Å². The van der Waals surface area contributed by atoms with Gasteiger partial charge in [0.05, 0.1) is 15.1 Å². The molecule has 0 saturated carbocycles. The third-order valence-electron chi connectivity index (χ3n) is 8.25. The largest absolute Gasteiger partial charge is 0.455 e. The van der Waals surface area contributed by atoms with Crippen LogP contribution in [0.2, 0.25) is 0 Å². The van der Waals surface area contributed by atoms with Crippen molar-refractivity contribution in [2.75, 3.05) is 0 Å². The maximum absolute atomic E-state index is 9.91. The van der Waals surface area contributed by atoms with E-state index in [-0.39, 0.29) is 50.7 Å². The maximum Gasteiger partial charge on any atom is 0.143 e. The molecule has 0 bridgehead atoms. The minimum atomic E-state index is -0.636. The molecule has 1 heterocycles. The molecule has 0 N–H and O–H groups in total. The summed E-state index contributed by atoms with van der Waals surface area (Å²) in [5.41, 5.74) is 3.38. The van der Waals surface area contributed by atoms with Crippen molar-refractivity contribution >= 4 is 43.5 Å². The molecule has 0 aliphatic heterocycles. The zero-order chi connectivity index (χ0) is 39.3. The molecule has 9 aromatic rings. The van der Waals surface area contributed by atoms with Crippen LogP contribution in [0.1, 0.15) is 15.1 Å². The van der Waals surface area contributed by atoms with Gasteiger partial charge >= 0.3 is 0 Å². The fourth-order valence-corrected chi connectivity index (χ4v) is 6.32. The van der Waals surface area contributed by atoms with Crippen molar-refractivity contribution < 1.29 is 19.5 Å². The van der Waals surface area contributed by atoms with Crippen LogP contribution in [0, 0.1) is 0 Å². The highest BCUT2D eigenvalue weighted by Crippen LogP contribution is 2.47. The first-order valence-corrected chi connectivity index (χ1v) is 14.5. The van der Waals surface area contributed by atoms with Gasteiger partial charge in [0, 0.05) is 16.3 Å². The number of benzene rings is 8. The molecule has 9 rings (SSSR count). The van der Waals surface area contributed by atoms with Gasteiger partial charge in [0.25, 0.3) is 0 Å². The second-order valence-electron chi connectivity index (χ2n) is 10.8. The van der Waals surface area contributed by atoms with Crippen molar-refractivity contribution in [3.8, 4) is 44.5 Å². The Bertz CT molecular complexity index is 3070. The van der Waals surface area contributed by atoms with E-state index in [9.17, 15) is 2.74 Å². The molecular formula is C44H28O. The van der Waals surface area contributed by atoms with Gasteiger partial charge in [0.2, 0.25) is 0 Å². The van der Waals surface area contributed by atoms with E-state index in [1.807, 2.05) is 91.0 Å². The number of rotatable bonds is 4. The normalized spacial score (nSPS) is 15.0. The number of hydrogen-bond acceptors (Lipinski definition) is 1. The molecule has 8 aromatic carbocycles. The molecule has 0 saturated heterocycles. The van der Waals surface area contributed by atoms with Gasteiger partial charge < -0.3 is 4.42 Å². The topological polar surface area (TPSA) is 13.1 Å². The summed E-state index contributed by atoms with van der Waals surface area (Å²) in [5.74, 6) is 0. The average molecular weight is 584 g/mol. The molecule has 0 unspecified atom stereocenters. The Labute approximate surface area is 277 Å².